The van der Waals surface area contributed by atoms with Crippen LogP contribution in [0, 0.1) is 19.8 Å². The molecule has 1 aliphatic carbocycles. The molecule has 6 nitrogen and oxygen atoms in total. The van der Waals surface area contributed by atoms with Crippen molar-refractivity contribution in [2.75, 3.05) is 13.2 Å². The summed E-state index contributed by atoms with van der Waals surface area (Å²) in [6.07, 6.45) is 5.18. The zero-order valence-electron chi connectivity index (χ0n) is 14.9. The van der Waals surface area contributed by atoms with Gasteiger partial charge in [-0.05, 0) is 44.2 Å². The third-order valence-electron chi connectivity index (χ3n) is 4.67. The zero-order chi connectivity index (χ0) is 17.5. The molecule has 1 aromatic heterocycles. The first-order chi connectivity index (χ1) is 11.5. The molecular weight excluding hydrogens is 306 g/mol. The molecule has 2 rings (SSSR count). The predicted octanol–water partition coefficient (Wildman–Crippen LogP) is 2.39. The molecule has 134 valence electrons. The Kier molecular flexibility index (Phi) is 6.85. The van der Waals surface area contributed by atoms with Gasteiger partial charge in [0.05, 0.1) is 19.3 Å². The smallest absolute Gasteiger partial charge is 0.315 e. The maximum atomic E-state index is 11.9. The molecule has 1 saturated carbocycles. The highest BCUT2D eigenvalue weighted by atomic mass is 16.5. The molecule has 0 radical (unpaired) electrons. The van der Waals surface area contributed by atoms with E-state index >= 15 is 0 Å². The minimum atomic E-state index is -0.283. The van der Waals surface area contributed by atoms with Crippen LogP contribution in [0.1, 0.15) is 49.4 Å². The van der Waals surface area contributed by atoms with Gasteiger partial charge in [-0.25, -0.2) is 4.79 Å². The fourth-order valence-electron chi connectivity index (χ4n) is 3.24. The second-order valence-electron chi connectivity index (χ2n) is 6.72. The van der Waals surface area contributed by atoms with Crippen molar-refractivity contribution in [2.24, 2.45) is 5.92 Å². The van der Waals surface area contributed by atoms with Gasteiger partial charge in [-0.2, -0.15) is 0 Å². The van der Waals surface area contributed by atoms with E-state index in [-0.39, 0.29) is 18.1 Å². The molecule has 6 heteroatoms. The van der Waals surface area contributed by atoms with Crippen molar-refractivity contribution in [2.45, 2.75) is 59.1 Å². The van der Waals surface area contributed by atoms with Crippen LogP contribution in [0.2, 0.25) is 0 Å². The van der Waals surface area contributed by atoms with Gasteiger partial charge in [0.15, 0.2) is 0 Å². The van der Waals surface area contributed by atoms with Gasteiger partial charge >= 0.3 is 6.03 Å². The number of aromatic amines is 1. The zero-order valence-corrected chi connectivity index (χ0v) is 14.9. The van der Waals surface area contributed by atoms with E-state index in [9.17, 15) is 9.59 Å². The molecule has 2 atom stereocenters. The molecule has 0 aromatic carbocycles. The predicted molar refractivity (Wildman–Crippen MR) is 94.1 cm³/mol. The van der Waals surface area contributed by atoms with E-state index < -0.39 is 0 Å². The van der Waals surface area contributed by atoms with Crippen molar-refractivity contribution >= 4 is 6.03 Å². The average Bonchev–Trinajstić information content (AvgIpc) is 2.52. The fourth-order valence-corrected chi connectivity index (χ4v) is 3.24. The highest BCUT2D eigenvalue weighted by Crippen LogP contribution is 2.25. The first-order valence-electron chi connectivity index (χ1n) is 8.80. The summed E-state index contributed by atoms with van der Waals surface area (Å²) in [6, 6.07) is 1.62. The standard InChI is InChI=1S/C18H29N3O3/c1-12-6-4-5-7-16(12)24-9-8-19-18(23)20-11-15-13(2)10-14(3)21-17(15)22/h10,12,16H,4-9,11H2,1-3H3,(H,21,22)(H2,19,20,23)/t12-,16+/m0/s1. The van der Waals surface area contributed by atoms with Crippen LogP contribution < -0.4 is 16.2 Å². The van der Waals surface area contributed by atoms with E-state index in [1.54, 1.807) is 0 Å². The van der Waals surface area contributed by atoms with Gasteiger partial charge in [0.2, 0.25) is 0 Å². The highest BCUT2D eigenvalue weighted by Gasteiger charge is 2.21. The Morgan fingerprint density at radius 2 is 2.04 bits per heavy atom. The third kappa shape index (κ3) is 5.37. The minimum absolute atomic E-state index is 0.151. The van der Waals surface area contributed by atoms with E-state index in [4.69, 9.17) is 4.74 Å². The lowest BCUT2D eigenvalue weighted by molar-refractivity contribution is -0.00243. The minimum Gasteiger partial charge on any atom is -0.376 e. The third-order valence-corrected chi connectivity index (χ3v) is 4.67. The average molecular weight is 335 g/mol. The van der Waals surface area contributed by atoms with E-state index in [2.05, 4.69) is 22.5 Å². The Morgan fingerprint density at radius 3 is 2.75 bits per heavy atom. The van der Waals surface area contributed by atoms with Crippen LogP contribution in [-0.4, -0.2) is 30.3 Å². The molecule has 3 N–H and O–H groups in total. The molecule has 24 heavy (non-hydrogen) atoms. The van der Waals surface area contributed by atoms with Crippen LogP contribution in [0.4, 0.5) is 4.79 Å². The van der Waals surface area contributed by atoms with Gasteiger partial charge in [-0.15, -0.1) is 0 Å². The van der Waals surface area contributed by atoms with E-state index in [0.717, 1.165) is 17.7 Å². The Bertz CT molecular complexity index is 612. The van der Waals surface area contributed by atoms with Crippen molar-refractivity contribution in [3.63, 3.8) is 0 Å². The van der Waals surface area contributed by atoms with E-state index in [1.807, 2.05) is 19.9 Å². The second-order valence-corrected chi connectivity index (χ2v) is 6.72. The number of rotatable bonds is 6. The maximum absolute atomic E-state index is 11.9. The summed E-state index contributed by atoms with van der Waals surface area (Å²) in [6.45, 7) is 7.14. The lowest BCUT2D eigenvalue weighted by Gasteiger charge is -2.28. The van der Waals surface area contributed by atoms with E-state index in [1.165, 1.54) is 19.3 Å². The Balaban J connectivity index is 1.68. The maximum Gasteiger partial charge on any atom is 0.315 e. The highest BCUT2D eigenvalue weighted by molar-refractivity contribution is 5.73. The van der Waals surface area contributed by atoms with Gasteiger partial charge in [0, 0.05) is 17.8 Å². The van der Waals surface area contributed by atoms with Gasteiger partial charge < -0.3 is 20.4 Å². The van der Waals surface area contributed by atoms with Crippen molar-refractivity contribution in [3.05, 3.63) is 33.2 Å². The molecule has 1 aromatic rings. The number of urea groups is 1. The molecule has 0 saturated heterocycles. The molecule has 0 bridgehead atoms. The Morgan fingerprint density at radius 1 is 1.29 bits per heavy atom. The number of H-pyrrole nitrogens is 1. The summed E-state index contributed by atoms with van der Waals surface area (Å²) in [7, 11) is 0. The van der Waals surface area contributed by atoms with E-state index in [0.29, 0.717) is 30.7 Å². The molecule has 0 spiro atoms. The van der Waals surface area contributed by atoms with Crippen molar-refractivity contribution < 1.29 is 9.53 Å². The number of nitrogens with one attached hydrogen (secondary N) is 3. The molecular formula is C18H29N3O3. The topological polar surface area (TPSA) is 83.2 Å². The van der Waals surface area contributed by atoms with Gasteiger partial charge in [-0.3, -0.25) is 4.79 Å². The summed E-state index contributed by atoms with van der Waals surface area (Å²) in [5.74, 6) is 0.601. The summed E-state index contributed by atoms with van der Waals surface area (Å²) < 4.78 is 5.86. The Labute approximate surface area is 143 Å². The summed E-state index contributed by atoms with van der Waals surface area (Å²) in [5, 5.41) is 5.49. The lowest BCUT2D eigenvalue weighted by atomic mass is 9.88. The molecule has 2 amide bonds. The number of aryl methyl sites for hydroxylation is 2. The summed E-state index contributed by atoms with van der Waals surface area (Å²) >= 11 is 0. The molecule has 0 unspecified atom stereocenters. The van der Waals surface area contributed by atoms with Gasteiger partial charge in [-0.1, -0.05) is 19.8 Å². The number of amides is 2. The quantitative estimate of drug-likeness (QED) is 0.698. The molecule has 1 aliphatic rings. The summed E-state index contributed by atoms with van der Waals surface area (Å²) in [5.41, 5.74) is 2.14. The number of pyridine rings is 1. The second kappa shape index (κ2) is 8.87. The monoisotopic (exact) mass is 335 g/mol. The summed E-state index contributed by atoms with van der Waals surface area (Å²) in [4.78, 5) is 26.5. The largest absolute Gasteiger partial charge is 0.376 e. The van der Waals surface area contributed by atoms with Crippen LogP contribution >= 0.6 is 0 Å². The number of ether oxygens (including phenoxy) is 1. The molecule has 1 heterocycles. The Hall–Kier alpha value is -1.82. The van der Waals surface area contributed by atoms with Crippen molar-refractivity contribution in [1.29, 1.82) is 0 Å². The first-order valence-corrected chi connectivity index (χ1v) is 8.80. The van der Waals surface area contributed by atoms with Gasteiger partial charge in [0.25, 0.3) is 5.56 Å². The number of hydrogen-bond acceptors (Lipinski definition) is 3. The van der Waals surface area contributed by atoms with Crippen LogP contribution in [0.5, 0.6) is 0 Å². The van der Waals surface area contributed by atoms with Crippen LogP contribution in [-0.2, 0) is 11.3 Å². The van der Waals surface area contributed by atoms with Crippen LogP contribution in [0.15, 0.2) is 10.9 Å². The van der Waals surface area contributed by atoms with Gasteiger partial charge in [0.1, 0.15) is 0 Å². The molecule has 0 aliphatic heterocycles. The number of hydrogen-bond donors (Lipinski definition) is 3. The molecule has 1 fully saturated rings. The van der Waals surface area contributed by atoms with Crippen molar-refractivity contribution in [1.82, 2.24) is 15.6 Å². The normalized spacial score (nSPS) is 20.6. The van der Waals surface area contributed by atoms with Crippen LogP contribution in [0.3, 0.4) is 0 Å². The number of aromatic nitrogens is 1. The first kappa shape index (κ1) is 18.5. The van der Waals surface area contributed by atoms with Crippen molar-refractivity contribution in [3.8, 4) is 0 Å². The van der Waals surface area contributed by atoms with Crippen LogP contribution in [0.25, 0.3) is 0 Å². The number of carbonyl (C=O) groups is 1. The fraction of sp³-hybridized carbons (Fsp3) is 0.667. The number of carbonyl (C=O) groups excluding carboxylic acids is 1. The SMILES string of the molecule is Cc1cc(C)c(CNC(=O)NCCO[C@@H]2CCCC[C@@H]2C)c(=O)[nH]1. The lowest BCUT2D eigenvalue weighted by Crippen LogP contribution is -2.39.